The van der Waals surface area contributed by atoms with Crippen LogP contribution >= 0.6 is 0 Å². The lowest BCUT2D eigenvalue weighted by Gasteiger charge is -2.29. The molecule has 21 heavy (non-hydrogen) atoms. The lowest BCUT2D eigenvalue weighted by Crippen LogP contribution is -2.47. The highest BCUT2D eigenvalue weighted by Crippen LogP contribution is 2.16. The summed E-state index contributed by atoms with van der Waals surface area (Å²) in [6.07, 6.45) is -0.492. The molecule has 0 aliphatic heterocycles. The van der Waals surface area contributed by atoms with Gasteiger partial charge in [-0.1, -0.05) is 6.07 Å². The maximum Gasteiger partial charge on any atom is 0.407 e. The fourth-order valence-corrected chi connectivity index (χ4v) is 1.80. The summed E-state index contributed by atoms with van der Waals surface area (Å²) in [5.74, 6) is -0.310. The normalized spacial score (nSPS) is 12.7. The van der Waals surface area contributed by atoms with Crippen molar-refractivity contribution in [3.8, 4) is 0 Å². The molecular weight excluding hydrogens is 273 g/mol. The van der Waals surface area contributed by atoms with E-state index in [4.69, 9.17) is 10.5 Å². The maximum atomic E-state index is 13.2. The third kappa shape index (κ3) is 5.99. The number of carbonyl (C=O) groups excluding carboxylic acids is 1. The smallest absolute Gasteiger partial charge is 0.407 e. The van der Waals surface area contributed by atoms with Crippen LogP contribution in [-0.4, -0.2) is 37.9 Å². The van der Waals surface area contributed by atoms with E-state index in [1.807, 2.05) is 11.9 Å². The van der Waals surface area contributed by atoms with E-state index in [9.17, 15) is 9.18 Å². The van der Waals surface area contributed by atoms with E-state index < -0.39 is 11.7 Å². The van der Waals surface area contributed by atoms with Crippen LogP contribution in [0.5, 0.6) is 0 Å². The highest BCUT2D eigenvalue weighted by Gasteiger charge is 2.19. The summed E-state index contributed by atoms with van der Waals surface area (Å²) in [7, 11) is 1.81. The Morgan fingerprint density at radius 3 is 2.67 bits per heavy atom. The number of hydrogen-bond donors (Lipinski definition) is 2. The standard InChI is InChI=1S/C15H24FN3O2/c1-15(2,3)21-14(20)18-10-13(9-17)19(4)12-7-5-6-11(16)8-12/h5-8,13H,9-10,17H2,1-4H3,(H,18,20). The molecule has 1 aromatic rings. The van der Waals surface area contributed by atoms with Gasteiger partial charge in [-0.25, -0.2) is 9.18 Å². The molecule has 1 unspecified atom stereocenters. The van der Waals surface area contributed by atoms with E-state index in [1.165, 1.54) is 12.1 Å². The molecule has 1 atom stereocenters. The molecule has 1 amide bonds. The Balaban J connectivity index is 2.60. The van der Waals surface area contributed by atoms with Crippen LogP contribution in [0.15, 0.2) is 24.3 Å². The Kier molecular flexibility index (Phi) is 5.96. The summed E-state index contributed by atoms with van der Waals surface area (Å²) >= 11 is 0. The molecule has 5 nitrogen and oxygen atoms in total. The number of carbonyl (C=O) groups is 1. The molecule has 0 spiro atoms. The number of hydrogen-bond acceptors (Lipinski definition) is 4. The lowest BCUT2D eigenvalue weighted by molar-refractivity contribution is 0.0525. The summed E-state index contributed by atoms with van der Waals surface area (Å²) in [6, 6.07) is 6.08. The molecule has 0 heterocycles. The van der Waals surface area contributed by atoms with Crippen molar-refractivity contribution in [1.82, 2.24) is 5.32 Å². The molecule has 0 saturated heterocycles. The highest BCUT2D eigenvalue weighted by atomic mass is 19.1. The largest absolute Gasteiger partial charge is 0.444 e. The van der Waals surface area contributed by atoms with Crippen molar-refractivity contribution in [3.63, 3.8) is 0 Å². The van der Waals surface area contributed by atoms with Crippen molar-refractivity contribution >= 4 is 11.8 Å². The van der Waals surface area contributed by atoms with Crippen LogP contribution in [-0.2, 0) is 4.74 Å². The summed E-state index contributed by atoms with van der Waals surface area (Å²) in [4.78, 5) is 13.5. The average Bonchev–Trinajstić information content (AvgIpc) is 2.37. The molecule has 0 aromatic heterocycles. The Morgan fingerprint density at radius 1 is 1.48 bits per heavy atom. The van der Waals surface area contributed by atoms with Crippen LogP contribution in [0.3, 0.4) is 0 Å². The minimum absolute atomic E-state index is 0.153. The van der Waals surface area contributed by atoms with Gasteiger partial charge in [0.1, 0.15) is 11.4 Å². The van der Waals surface area contributed by atoms with Gasteiger partial charge in [0.2, 0.25) is 0 Å². The van der Waals surface area contributed by atoms with Crippen molar-refractivity contribution in [1.29, 1.82) is 0 Å². The number of amides is 1. The number of likely N-dealkylation sites (N-methyl/N-ethyl adjacent to an activating group) is 1. The van der Waals surface area contributed by atoms with E-state index in [-0.39, 0.29) is 11.9 Å². The van der Waals surface area contributed by atoms with Crippen LogP contribution in [0, 0.1) is 5.82 Å². The van der Waals surface area contributed by atoms with Gasteiger partial charge in [0, 0.05) is 25.8 Å². The number of ether oxygens (including phenoxy) is 1. The minimum Gasteiger partial charge on any atom is -0.444 e. The van der Waals surface area contributed by atoms with Crippen molar-refractivity contribution in [2.75, 3.05) is 25.0 Å². The number of rotatable bonds is 5. The second kappa shape index (κ2) is 7.26. The Hall–Kier alpha value is -1.82. The predicted molar refractivity (Wildman–Crippen MR) is 81.9 cm³/mol. The second-order valence-electron chi connectivity index (χ2n) is 5.86. The number of benzene rings is 1. The van der Waals surface area contributed by atoms with E-state index in [0.717, 1.165) is 0 Å². The summed E-state index contributed by atoms with van der Waals surface area (Å²) < 4.78 is 18.4. The van der Waals surface area contributed by atoms with Crippen LogP contribution < -0.4 is 16.0 Å². The highest BCUT2D eigenvalue weighted by molar-refractivity contribution is 5.67. The summed E-state index contributed by atoms with van der Waals surface area (Å²) in [5.41, 5.74) is 5.90. The first-order valence-electron chi connectivity index (χ1n) is 6.88. The molecule has 0 fully saturated rings. The van der Waals surface area contributed by atoms with Gasteiger partial charge in [-0.3, -0.25) is 0 Å². The summed E-state index contributed by atoms with van der Waals surface area (Å²) in [5, 5.41) is 2.68. The van der Waals surface area contributed by atoms with Crippen LogP contribution in [0.25, 0.3) is 0 Å². The van der Waals surface area contributed by atoms with Crippen LogP contribution in [0.2, 0.25) is 0 Å². The number of halogens is 1. The Bertz CT molecular complexity index is 474. The first-order valence-corrected chi connectivity index (χ1v) is 6.88. The molecule has 0 bridgehead atoms. The zero-order chi connectivity index (χ0) is 16.0. The van der Waals surface area contributed by atoms with E-state index in [2.05, 4.69) is 5.32 Å². The predicted octanol–water partition coefficient (Wildman–Crippen LogP) is 2.11. The average molecular weight is 297 g/mol. The van der Waals surface area contributed by atoms with E-state index in [1.54, 1.807) is 32.9 Å². The van der Waals surface area contributed by atoms with Gasteiger partial charge in [-0.05, 0) is 39.0 Å². The number of alkyl carbamates (subject to hydrolysis) is 1. The van der Waals surface area contributed by atoms with E-state index in [0.29, 0.717) is 18.8 Å². The SMILES string of the molecule is CN(c1cccc(F)c1)C(CN)CNC(=O)OC(C)(C)C. The van der Waals surface area contributed by atoms with Gasteiger partial charge in [0.15, 0.2) is 0 Å². The van der Waals surface area contributed by atoms with Gasteiger partial charge in [0.25, 0.3) is 0 Å². The van der Waals surface area contributed by atoms with Crippen LogP contribution in [0.4, 0.5) is 14.9 Å². The first kappa shape index (κ1) is 17.2. The minimum atomic E-state index is -0.545. The number of anilines is 1. The Morgan fingerprint density at radius 2 is 2.14 bits per heavy atom. The zero-order valence-corrected chi connectivity index (χ0v) is 13.0. The van der Waals surface area contributed by atoms with Crippen molar-refractivity contribution in [3.05, 3.63) is 30.1 Å². The molecular formula is C15H24FN3O2. The third-order valence-corrected chi connectivity index (χ3v) is 2.92. The number of nitrogens with two attached hydrogens (primary N) is 1. The first-order chi connectivity index (χ1) is 9.73. The van der Waals surface area contributed by atoms with Crippen molar-refractivity contribution < 1.29 is 13.9 Å². The topological polar surface area (TPSA) is 67.6 Å². The van der Waals surface area contributed by atoms with Crippen molar-refractivity contribution in [2.24, 2.45) is 5.73 Å². The van der Waals surface area contributed by atoms with Gasteiger partial charge < -0.3 is 20.7 Å². The number of nitrogens with zero attached hydrogens (tertiary/aromatic N) is 1. The molecule has 3 N–H and O–H groups in total. The molecule has 0 aliphatic carbocycles. The second-order valence-corrected chi connectivity index (χ2v) is 5.86. The van der Waals surface area contributed by atoms with Gasteiger partial charge >= 0.3 is 6.09 Å². The fourth-order valence-electron chi connectivity index (χ4n) is 1.80. The maximum absolute atomic E-state index is 13.2. The number of nitrogens with one attached hydrogen (secondary N) is 1. The Labute approximate surface area is 125 Å². The van der Waals surface area contributed by atoms with Gasteiger partial charge in [-0.15, -0.1) is 0 Å². The lowest BCUT2D eigenvalue weighted by atomic mass is 10.2. The quantitative estimate of drug-likeness (QED) is 0.873. The molecule has 0 aliphatic rings. The molecule has 1 rings (SSSR count). The monoisotopic (exact) mass is 297 g/mol. The fraction of sp³-hybridized carbons (Fsp3) is 0.533. The molecule has 1 aromatic carbocycles. The third-order valence-electron chi connectivity index (χ3n) is 2.92. The molecule has 0 saturated carbocycles. The molecule has 118 valence electrons. The van der Waals surface area contributed by atoms with Gasteiger partial charge in [-0.2, -0.15) is 0 Å². The molecule has 6 heteroatoms. The van der Waals surface area contributed by atoms with Crippen molar-refractivity contribution in [2.45, 2.75) is 32.4 Å². The molecule has 0 radical (unpaired) electrons. The van der Waals surface area contributed by atoms with Crippen LogP contribution in [0.1, 0.15) is 20.8 Å². The zero-order valence-electron chi connectivity index (χ0n) is 13.0. The van der Waals surface area contributed by atoms with Gasteiger partial charge in [0.05, 0.1) is 6.04 Å². The summed E-state index contributed by atoms with van der Waals surface area (Å²) in [6.45, 7) is 6.03. The van der Waals surface area contributed by atoms with E-state index >= 15 is 0 Å².